The summed E-state index contributed by atoms with van der Waals surface area (Å²) in [7, 11) is 0. The van der Waals surface area contributed by atoms with Crippen molar-refractivity contribution in [1.82, 2.24) is 10.2 Å². The summed E-state index contributed by atoms with van der Waals surface area (Å²) < 4.78 is 5.52. The van der Waals surface area contributed by atoms with Crippen LogP contribution in [0.4, 0.5) is 5.69 Å². The molecule has 1 aromatic rings. The fourth-order valence-electron chi connectivity index (χ4n) is 4.77. The second kappa shape index (κ2) is 9.60. The monoisotopic (exact) mass is 427 g/mol. The fourth-order valence-corrected chi connectivity index (χ4v) is 4.77. The molecule has 8 heteroatoms. The average Bonchev–Trinajstić information content (AvgIpc) is 3.39. The summed E-state index contributed by atoms with van der Waals surface area (Å²) in [6.45, 7) is 1.23. The van der Waals surface area contributed by atoms with Gasteiger partial charge >= 0.3 is 0 Å². The molecule has 8 nitrogen and oxygen atoms in total. The summed E-state index contributed by atoms with van der Waals surface area (Å²) in [6, 6.07) is 6.79. The number of benzene rings is 1. The van der Waals surface area contributed by atoms with Gasteiger partial charge in [-0.2, -0.15) is 0 Å². The van der Waals surface area contributed by atoms with Gasteiger partial charge in [0.15, 0.2) is 0 Å². The van der Waals surface area contributed by atoms with Crippen molar-refractivity contribution in [1.29, 1.82) is 0 Å². The van der Waals surface area contributed by atoms with Crippen LogP contribution in [0.1, 0.15) is 55.3 Å². The maximum Gasteiger partial charge on any atom is 0.253 e. The zero-order chi connectivity index (χ0) is 21.8. The number of imide groups is 1. The van der Waals surface area contributed by atoms with Crippen LogP contribution >= 0.6 is 0 Å². The number of nitrogens with zero attached hydrogens (tertiary/aromatic N) is 1. The van der Waals surface area contributed by atoms with Gasteiger partial charge in [-0.1, -0.05) is 25.0 Å². The van der Waals surface area contributed by atoms with Crippen LogP contribution < -0.4 is 10.6 Å². The van der Waals surface area contributed by atoms with E-state index in [9.17, 15) is 19.2 Å². The lowest BCUT2D eigenvalue weighted by atomic mass is 9.81. The smallest absolute Gasteiger partial charge is 0.253 e. The Morgan fingerprint density at radius 2 is 1.71 bits per heavy atom. The topological polar surface area (TPSA) is 105 Å². The van der Waals surface area contributed by atoms with Crippen molar-refractivity contribution < 1.29 is 23.9 Å². The number of hydrogen-bond donors (Lipinski definition) is 2. The lowest BCUT2D eigenvalue weighted by Gasteiger charge is -2.19. The van der Waals surface area contributed by atoms with Crippen LogP contribution in [0.3, 0.4) is 0 Å². The molecule has 4 amide bonds. The Morgan fingerprint density at radius 1 is 1.00 bits per heavy atom. The lowest BCUT2D eigenvalue weighted by Crippen LogP contribution is -2.34. The number of rotatable bonds is 7. The average molecular weight is 428 g/mol. The minimum absolute atomic E-state index is 0.00277. The van der Waals surface area contributed by atoms with Crippen molar-refractivity contribution in [2.75, 3.05) is 25.0 Å². The second-order valence-electron chi connectivity index (χ2n) is 8.51. The molecule has 1 aliphatic carbocycles. The molecule has 0 bridgehead atoms. The van der Waals surface area contributed by atoms with Gasteiger partial charge in [0.2, 0.25) is 17.7 Å². The van der Waals surface area contributed by atoms with Gasteiger partial charge in [0, 0.05) is 26.1 Å². The van der Waals surface area contributed by atoms with E-state index >= 15 is 0 Å². The van der Waals surface area contributed by atoms with E-state index in [4.69, 9.17) is 4.74 Å². The molecule has 4 rings (SSSR count). The van der Waals surface area contributed by atoms with Crippen molar-refractivity contribution in [2.45, 2.75) is 51.0 Å². The quantitative estimate of drug-likeness (QED) is 0.649. The third-order valence-corrected chi connectivity index (χ3v) is 6.45. The summed E-state index contributed by atoms with van der Waals surface area (Å²) in [6.07, 6.45) is 5.41. The highest BCUT2D eigenvalue weighted by Crippen LogP contribution is 2.38. The van der Waals surface area contributed by atoms with Gasteiger partial charge in [0.25, 0.3) is 5.91 Å². The predicted molar refractivity (Wildman–Crippen MR) is 113 cm³/mol. The van der Waals surface area contributed by atoms with E-state index < -0.39 is 0 Å². The van der Waals surface area contributed by atoms with Gasteiger partial charge in [0.05, 0.1) is 29.2 Å². The summed E-state index contributed by atoms with van der Waals surface area (Å²) in [4.78, 5) is 51.5. The second-order valence-corrected chi connectivity index (χ2v) is 8.51. The minimum Gasteiger partial charge on any atom is -0.376 e. The van der Waals surface area contributed by atoms with Crippen molar-refractivity contribution in [3.05, 3.63) is 29.8 Å². The molecule has 3 fully saturated rings. The Balaban J connectivity index is 1.32. The molecular formula is C23H29N3O5. The van der Waals surface area contributed by atoms with Gasteiger partial charge < -0.3 is 15.4 Å². The van der Waals surface area contributed by atoms with E-state index in [1.807, 2.05) is 0 Å². The van der Waals surface area contributed by atoms with E-state index in [0.717, 1.165) is 45.1 Å². The first-order chi connectivity index (χ1) is 15.0. The molecule has 2 saturated heterocycles. The minimum atomic E-state index is -0.338. The molecule has 1 aromatic carbocycles. The molecular weight excluding hydrogens is 398 g/mol. The van der Waals surface area contributed by atoms with Crippen LogP contribution in [-0.4, -0.2) is 54.3 Å². The largest absolute Gasteiger partial charge is 0.376 e. The van der Waals surface area contributed by atoms with Crippen LogP contribution in [0, 0.1) is 11.8 Å². The highest BCUT2D eigenvalue weighted by atomic mass is 16.5. The molecule has 3 aliphatic rings. The zero-order valence-corrected chi connectivity index (χ0v) is 17.6. The number of carbonyl (C=O) groups is 4. The van der Waals surface area contributed by atoms with Crippen LogP contribution in [0.25, 0.3) is 0 Å². The van der Waals surface area contributed by atoms with Crippen molar-refractivity contribution in [3.8, 4) is 0 Å². The third-order valence-electron chi connectivity index (χ3n) is 6.45. The molecule has 2 N–H and O–H groups in total. The van der Waals surface area contributed by atoms with Crippen LogP contribution in [0.2, 0.25) is 0 Å². The summed E-state index contributed by atoms with van der Waals surface area (Å²) in [5, 5.41) is 5.61. The van der Waals surface area contributed by atoms with E-state index in [-0.39, 0.29) is 54.5 Å². The Kier molecular flexibility index (Phi) is 6.65. The predicted octanol–water partition coefficient (Wildman–Crippen LogP) is 2.10. The first-order valence-electron chi connectivity index (χ1n) is 11.2. The standard InChI is InChI=1S/C23H29N3O5/c27-20(11-12-26-22(29)16-7-1-2-8-17(16)23(26)30)25-19-10-4-3-9-18(19)21(28)24-14-15-6-5-13-31-15/h3-4,9-10,15-17H,1-2,5-8,11-14H2,(H,24,28)(H,25,27)/t15-,16-,17-/m1/s1. The molecule has 2 aliphatic heterocycles. The molecule has 0 aromatic heterocycles. The van der Waals surface area contributed by atoms with Crippen LogP contribution in [0.5, 0.6) is 0 Å². The van der Waals surface area contributed by atoms with Gasteiger partial charge in [-0.25, -0.2) is 0 Å². The van der Waals surface area contributed by atoms with Gasteiger partial charge in [-0.15, -0.1) is 0 Å². The molecule has 166 valence electrons. The lowest BCUT2D eigenvalue weighted by molar-refractivity contribution is -0.140. The fraction of sp³-hybridized carbons (Fsp3) is 0.565. The molecule has 31 heavy (non-hydrogen) atoms. The summed E-state index contributed by atoms with van der Waals surface area (Å²) >= 11 is 0. The number of likely N-dealkylation sites (tertiary alicyclic amines) is 1. The summed E-state index contributed by atoms with van der Waals surface area (Å²) in [5.74, 6) is -1.32. The molecule has 0 radical (unpaired) electrons. The third kappa shape index (κ3) is 4.79. The molecule has 0 unspecified atom stereocenters. The normalized spacial score (nSPS) is 25.4. The summed E-state index contributed by atoms with van der Waals surface area (Å²) in [5.41, 5.74) is 0.776. The van der Waals surface area contributed by atoms with Gasteiger partial charge in [-0.05, 0) is 37.8 Å². The van der Waals surface area contributed by atoms with E-state index in [2.05, 4.69) is 10.6 Å². The number of carbonyl (C=O) groups excluding carboxylic acids is 4. The zero-order valence-electron chi connectivity index (χ0n) is 17.6. The first-order valence-corrected chi connectivity index (χ1v) is 11.2. The van der Waals surface area contributed by atoms with Gasteiger partial charge in [-0.3, -0.25) is 24.1 Å². The SMILES string of the molecule is O=C(CCN1C(=O)[C@@H]2CCCC[C@H]2C1=O)Nc1ccccc1C(=O)NC[C@H]1CCCO1. The number of amides is 4. The molecule has 3 atom stereocenters. The Hall–Kier alpha value is -2.74. The van der Waals surface area contributed by atoms with Crippen molar-refractivity contribution in [2.24, 2.45) is 11.8 Å². The highest BCUT2D eigenvalue weighted by Gasteiger charge is 2.47. The Bertz CT molecular complexity index is 841. The number of ether oxygens (including phenoxy) is 1. The number of para-hydroxylation sites is 1. The van der Waals surface area contributed by atoms with Crippen LogP contribution in [0.15, 0.2) is 24.3 Å². The number of nitrogens with one attached hydrogen (secondary N) is 2. The van der Waals surface area contributed by atoms with E-state index in [1.165, 1.54) is 4.90 Å². The molecule has 2 heterocycles. The Labute approximate surface area is 181 Å². The van der Waals surface area contributed by atoms with Crippen molar-refractivity contribution in [3.63, 3.8) is 0 Å². The maximum atomic E-state index is 12.6. The van der Waals surface area contributed by atoms with Crippen LogP contribution in [-0.2, 0) is 19.1 Å². The van der Waals surface area contributed by atoms with E-state index in [1.54, 1.807) is 24.3 Å². The highest BCUT2D eigenvalue weighted by molar-refractivity contribution is 6.06. The van der Waals surface area contributed by atoms with Crippen molar-refractivity contribution >= 4 is 29.3 Å². The number of anilines is 1. The number of fused-ring (bicyclic) bond motifs is 1. The number of hydrogen-bond acceptors (Lipinski definition) is 5. The molecule has 0 spiro atoms. The maximum absolute atomic E-state index is 12.6. The first kappa shape index (κ1) is 21.5. The molecule has 1 saturated carbocycles. The Morgan fingerprint density at radius 3 is 2.39 bits per heavy atom. The van der Waals surface area contributed by atoms with Gasteiger partial charge in [0.1, 0.15) is 0 Å². The van der Waals surface area contributed by atoms with E-state index in [0.29, 0.717) is 17.8 Å².